The van der Waals surface area contributed by atoms with Gasteiger partial charge in [-0.25, -0.2) is 4.68 Å². The molecule has 2 aromatic carbocycles. The Bertz CT molecular complexity index is 886. The molecule has 1 aromatic heterocycles. The van der Waals surface area contributed by atoms with E-state index < -0.39 is 11.7 Å². The summed E-state index contributed by atoms with van der Waals surface area (Å²) in [7, 11) is 0. The van der Waals surface area contributed by atoms with Gasteiger partial charge in [-0.2, -0.15) is 5.10 Å². The molecule has 1 heterocycles. The number of hydrogen-bond acceptors (Lipinski definition) is 3. The zero-order valence-corrected chi connectivity index (χ0v) is 14.1. The fourth-order valence-electron chi connectivity index (χ4n) is 2.74. The van der Waals surface area contributed by atoms with Crippen molar-refractivity contribution in [1.29, 1.82) is 0 Å². The van der Waals surface area contributed by atoms with Crippen molar-refractivity contribution in [2.24, 2.45) is 0 Å². The Balaban J connectivity index is 1.76. The number of aromatic nitrogens is 2. The summed E-state index contributed by atoms with van der Waals surface area (Å²) < 4.78 is 1.82. The van der Waals surface area contributed by atoms with Crippen LogP contribution < -0.4 is 5.32 Å². The van der Waals surface area contributed by atoms with Crippen molar-refractivity contribution in [3.63, 3.8) is 0 Å². The Hall–Kier alpha value is -3.21. The minimum Gasteiger partial charge on any atom is -0.343 e. The molecule has 1 N–H and O–H groups in total. The average Bonchev–Trinajstić information content (AvgIpc) is 3.04. The quantitative estimate of drug-likeness (QED) is 0.576. The van der Waals surface area contributed by atoms with Gasteiger partial charge in [-0.3, -0.25) is 9.59 Å². The molecular weight excluding hydrogens is 314 g/mol. The van der Waals surface area contributed by atoms with Crippen LogP contribution in [0.5, 0.6) is 0 Å². The first-order chi connectivity index (χ1) is 12.1. The summed E-state index contributed by atoms with van der Waals surface area (Å²) in [5.41, 5.74) is 3.12. The van der Waals surface area contributed by atoms with E-state index >= 15 is 0 Å². The second kappa shape index (κ2) is 7.13. The van der Waals surface area contributed by atoms with E-state index in [4.69, 9.17) is 0 Å². The minimum atomic E-state index is -0.620. The van der Waals surface area contributed by atoms with Crippen LogP contribution in [0.15, 0.2) is 66.9 Å². The molecular formula is C20H19N3O2. The van der Waals surface area contributed by atoms with Gasteiger partial charge >= 0.3 is 0 Å². The highest BCUT2D eigenvalue weighted by Gasteiger charge is 2.21. The normalized spacial score (nSPS) is 11.8. The zero-order valence-electron chi connectivity index (χ0n) is 14.1. The number of carbonyl (C=O) groups excluding carboxylic acids is 2. The van der Waals surface area contributed by atoms with Crippen LogP contribution in [0.2, 0.25) is 0 Å². The molecule has 0 bridgehead atoms. The number of nitrogens with zero attached hydrogens (tertiary/aromatic N) is 2. The number of ketones is 1. The number of carbonyl (C=O) groups is 2. The molecule has 25 heavy (non-hydrogen) atoms. The van der Waals surface area contributed by atoms with Crippen LogP contribution >= 0.6 is 0 Å². The predicted molar refractivity (Wildman–Crippen MR) is 95.6 cm³/mol. The Kier molecular flexibility index (Phi) is 4.75. The third-order valence-corrected chi connectivity index (χ3v) is 4.10. The molecule has 0 saturated carbocycles. The molecule has 0 fully saturated rings. The van der Waals surface area contributed by atoms with E-state index in [1.807, 2.05) is 48.9 Å². The van der Waals surface area contributed by atoms with Crippen LogP contribution in [0.3, 0.4) is 0 Å². The van der Waals surface area contributed by atoms with E-state index in [2.05, 4.69) is 10.4 Å². The van der Waals surface area contributed by atoms with Gasteiger partial charge < -0.3 is 5.32 Å². The molecule has 0 aliphatic carbocycles. The van der Waals surface area contributed by atoms with Gasteiger partial charge in [0, 0.05) is 16.8 Å². The lowest BCUT2D eigenvalue weighted by Crippen LogP contribution is -2.33. The molecule has 1 amide bonds. The van der Waals surface area contributed by atoms with Crippen LogP contribution in [-0.4, -0.2) is 21.5 Å². The highest BCUT2D eigenvalue weighted by Crippen LogP contribution is 2.20. The number of hydrogen-bond donors (Lipinski definition) is 1. The van der Waals surface area contributed by atoms with E-state index in [1.54, 1.807) is 36.5 Å². The third-order valence-electron chi connectivity index (χ3n) is 4.10. The molecule has 0 spiro atoms. The monoisotopic (exact) mass is 333 g/mol. The van der Waals surface area contributed by atoms with Crippen LogP contribution in [-0.2, 0) is 4.79 Å². The Morgan fingerprint density at radius 1 is 1.00 bits per heavy atom. The first-order valence-corrected chi connectivity index (χ1v) is 8.08. The summed E-state index contributed by atoms with van der Waals surface area (Å²) in [5, 5.41) is 7.16. The van der Waals surface area contributed by atoms with Gasteiger partial charge in [0.05, 0.1) is 17.9 Å². The molecule has 3 aromatic rings. The lowest BCUT2D eigenvalue weighted by molar-refractivity contribution is -0.117. The summed E-state index contributed by atoms with van der Waals surface area (Å²) in [4.78, 5) is 24.4. The molecule has 0 unspecified atom stereocenters. The van der Waals surface area contributed by atoms with Crippen LogP contribution in [0.1, 0.15) is 34.6 Å². The van der Waals surface area contributed by atoms with E-state index in [0.717, 1.165) is 16.9 Å². The van der Waals surface area contributed by atoms with Gasteiger partial charge in [0.15, 0.2) is 0 Å². The largest absolute Gasteiger partial charge is 0.343 e. The standard InChI is InChI=1S/C20H19N3O2/c1-14(22-20(25)19(24)16-9-5-3-6-10-16)18-13-21-23(15(18)2)17-11-7-4-8-12-17/h3-14H,1-2H3,(H,22,25)/t14-/m0/s1. The molecule has 1 atom stereocenters. The third kappa shape index (κ3) is 3.50. The van der Waals surface area contributed by atoms with Gasteiger partial charge in [0.2, 0.25) is 5.78 Å². The van der Waals surface area contributed by atoms with Crippen molar-refractivity contribution in [2.45, 2.75) is 19.9 Å². The SMILES string of the molecule is Cc1c([C@H](C)NC(=O)C(=O)c2ccccc2)cnn1-c1ccccc1. The Morgan fingerprint density at radius 2 is 1.60 bits per heavy atom. The lowest BCUT2D eigenvalue weighted by atomic mass is 10.1. The maximum Gasteiger partial charge on any atom is 0.292 e. The lowest BCUT2D eigenvalue weighted by Gasteiger charge is -2.13. The Labute approximate surface area is 146 Å². The van der Waals surface area contributed by atoms with Crippen LogP contribution in [0.4, 0.5) is 0 Å². The van der Waals surface area contributed by atoms with Gasteiger partial charge in [-0.1, -0.05) is 48.5 Å². The Morgan fingerprint density at radius 3 is 2.24 bits per heavy atom. The summed E-state index contributed by atoms with van der Waals surface area (Å²) in [6, 6.07) is 18.0. The van der Waals surface area contributed by atoms with E-state index in [0.29, 0.717) is 5.56 Å². The number of nitrogens with one attached hydrogen (secondary N) is 1. The maximum absolute atomic E-state index is 12.2. The zero-order chi connectivity index (χ0) is 17.8. The minimum absolute atomic E-state index is 0.322. The van der Waals surface area contributed by atoms with Crippen molar-refractivity contribution >= 4 is 11.7 Å². The average molecular weight is 333 g/mol. The fraction of sp³-hybridized carbons (Fsp3) is 0.150. The number of amides is 1. The molecule has 0 aliphatic rings. The summed E-state index contributed by atoms with van der Waals surface area (Å²) in [6.07, 6.45) is 1.72. The summed E-state index contributed by atoms with van der Waals surface area (Å²) >= 11 is 0. The topological polar surface area (TPSA) is 64.0 Å². The van der Waals surface area contributed by atoms with E-state index in [-0.39, 0.29) is 6.04 Å². The molecule has 0 saturated heterocycles. The maximum atomic E-state index is 12.2. The number of benzene rings is 2. The molecule has 126 valence electrons. The number of rotatable bonds is 5. The molecule has 0 aliphatic heterocycles. The van der Waals surface area contributed by atoms with Crippen molar-refractivity contribution in [3.8, 4) is 5.69 Å². The smallest absolute Gasteiger partial charge is 0.292 e. The first-order valence-electron chi connectivity index (χ1n) is 8.08. The summed E-state index contributed by atoms with van der Waals surface area (Å²) in [6.45, 7) is 3.78. The number of para-hydroxylation sites is 1. The predicted octanol–water partition coefficient (Wildman–Crippen LogP) is 3.24. The highest BCUT2D eigenvalue weighted by molar-refractivity contribution is 6.42. The second-order valence-electron chi connectivity index (χ2n) is 5.82. The van der Waals surface area contributed by atoms with Crippen LogP contribution in [0.25, 0.3) is 5.69 Å². The van der Waals surface area contributed by atoms with Gasteiger partial charge in [0.1, 0.15) is 0 Å². The van der Waals surface area contributed by atoms with E-state index in [9.17, 15) is 9.59 Å². The van der Waals surface area contributed by atoms with E-state index in [1.165, 1.54) is 0 Å². The van der Waals surface area contributed by atoms with Crippen molar-refractivity contribution < 1.29 is 9.59 Å². The molecule has 3 rings (SSSR count). The summed E-state index contributed by atoms with van der Waals surface area (Å²) in [5.74, 6) is -1.16. The highest BCUT2D eigenvalue weighted by atomic mass is 16.2. The first kappa shape index (κ1) is 16.6. The van der Waals surface area contributed by atoms with Crippen molar-refractivity contribution in [2.75, 3.05) is 0 Å². The van der Waals surface area contributed by atoms with Crippen molar-refractivity contribution in [1.82, 2.24) is 15.1 Å². The molecule has 5 heteroatoms. The molecule has 0 radical (unpaired) electrons. The second-order valence-corrected chi connectivity index (χ2v) is 5.82. The van der Waals surface area contributed by atoms with Crippen LogP contribution in [0, 0.1) is 6.92 Å². The van der Waals surface area contributed by atoms with Gasteiger partial charge in [-0.05, 0) is 26.0 Å². The van der Waals surface area contributed by atoms with Crippen molar-refractivity contribution in [3.05, 3.63) is 83.7 Å². The van der Waals surface area contributed by atoms with Gasteiger partial charge in [0.25, 0.3) is 5.91 Å². The van der Waals surface area contributed by atoms with Gasteiger partial charge in [-0.15, -0.1) is 0 Å². The number of Topliss-reactive ketones (excluding diaryl/α,β-unsaturated/α-hetero) is 1. The fourth-order valence-corrected chi connectivity index (χ4v) is 2.74. The molecule has 5 nitrogen and oxygen atoms in total.